The van der Waals surface area contributed by atoms with Crippen LogP contribution >= 0.6 is 15.9 Å². The lowest BCUT2D eigenvalue weighted by atomic mass is 10.1. The van der Waals surface area contributed by atoms with Gasteiger partial charge >= 0.3 is 0 Å². The first-order valence-corrected chi connectivity index (χ1v) is 10.5. The Labute approximate surface area is 188 Å². The molecule has 5 nitrogen and oxygen atoms in total. The Bertz CT molecular complexity index is 1350. The van der Waals surface area contributed by atoms with Crippen molar-refractivity contribution in [3.63, 3.8) is 0 Å². The Morgan fingerprint density at radius 2 is 1.81 bits per heavy atom. The number of rotatable bonds is 5. The number of para-hydroxylation sites is 1. The average Bonchev–Trinajstić information content (AvgIpc) is 3.05. The number of hydrogen-bond donors (Lipinski definition) is 1. The number of hydrazone groups is 1. The van der Waals surface area contributed by atoms with E-state index in [1.807, 2.05) is 67.6 Å². The van der Waals surface area contributed by atoms with E-state index in [-0.39, 0.29) is 5.91 Å². The van der Waals surface area contributed by atoms with Gasteiger partial charge in [0.25, 0.3) is 5.91 Å². The van der Waals surface area contributed by atoms with Crippen molar-refractivity contribution in [3.8, 4) is 6.07 Å². The van der Waals surface area contributed by atoms with Crippen LogP contribution in [0.15, 0.2) is 82.4 Å². The topological polar surface area (TPSA) is 70.2 Å². The van der Waals surface area contributed by atoms with Gasteiger partial charge in [-0.15, -0.1) is 0 Å². The maximum Gasteiger partial charge on any atom is 0.272 e. The fourth-order valence-electron chi connectivity index (χ4n) is 3.62. The molecule has 0 saturated heterocycles. The van der Waals surface area contributed by atoms with Crippen molar-refractivity contribution in [1.29, 1.82) is 5.26 Å². The van der Waals surface area contributed by atoms with Crippen molar-refractivity contribution in [2.24, 2.45) is 5.10 Å². The van der Waals surface area contributed by atoms with E-state index in [0.717, 1.165) is 27.7 Å². The van der Waals surface area contributed by atoms with Crippen LogP contribution in [0.3, 0.4) is 0 Å². The van der Waals surface area contributed by atoms with Gasteiger partial charge in [-0.2, -0.15) is 10.4 Å². The van der Waals surface area contributed by atoms with Gasteiger partial charge in [0.2, 0.25) is 0 Å². The number of carbonyl (C=O) groups is 1. The third-order valence-electron chi connectivity index (χ3n) is 5.22. The van der Waals surface area contributed by atoms with Crippen molar-refractivity contribution in [2.75, 3.05) is 0 Å². The van der Waals surface area contributed by atoms with Gasteiger partial charge in [-0.1, -0.05) is 48.5 Å². The summed E-state index contributed by atoms with van der Waals surface area (Å²) < 4.78 is 2.88. The molecule has 1 amide bonds. The number of nitrogens with one attached hydrogen (secondary N) is 1. The summed E-state index contributed by atoms with van der Waals surface area (Å²) in [5.41, 5.74) is 7.73. The SMILES string of the molecule is Cc1c(/C=N\NC(=O)c2ccccc2Br)c2ccccc2n1Cc1ccccc1C#N. The van der Waals surface area contributed by atoms with Gasteiger partial charge in [0, 0.05) is 33.2 Å². The van der Waals surface area contributed by atoms with Crippen LogP contribution in [-0.2, 0) is 6.54 Å². The fourth-order valence-corrected chi connectivity index (χ4v) is 4.09. The largest absolute Gasteiger partial charge is 0.340 e. The summed E-state index contributed by atoms with van der Waals surface area (Å²) in [6, 6.07) is 25.1. The van der Waals surface area contributed by atoms with Gasteiger partial charge in [0.05, 0.1) is 23.4 Å². The molecule has 0 aliphatic carbocycles. The number of nitrogens with zero attached hydrogens (tertiary/aromatic N) is 3. The molecule has 0 radical (unpaired) electrons. The Morgan fingerprint density at radius 3 is 2.61 bits per heavy atom. The van der Waals surface area contributed by atoms with Crippen LogP contribution in [0.25, 0.3) is 10.9 Å². The minimum atomic E-state index is -0.284. The minimum absolute atomic E-state index is 0.284. The zero-order valence-electron chi connectivity index (χ0n) is 16.8. The molecule has 4 aromatic rings. The van der Waals surface area contributed by atoms with Crippen LogP contribution < -0.4 is 5.43 Å². The zero-order valence-corrected chi connectivity index (χ0v) is 18.4. The first kappa shape index (κ1) is 20.6. The Balaban J connectivity index is 1.67. The number of aromatic nitrogens is 1. The Hall–Kier alpha value is -3.69. The lowest BCUT2D eigenvalue weighted by Crippen LogP contribution is -2.18. The first-order valence-electron chi connectivity index (χ1n) is 9.74. The standard InChI is InChI=1S/C25H19BrN4O/c1-17-22(15-28-29-25(31)21-11-4-6-12-23(21)26)20-10-5-7-13-24(20)30(17)16-19-9-3-2-8-18(19)14-27/h2-13,15H,16H2,1H3,(H,29,31)/b28-15-. The molecule has 0 spiro atoms. The zero-order chi connectivity index (χ0) is 21.8. The van der Waals surface area contributed by atoms with Gasteiger partial charge in [-0.25, -0.2) is 5.43 Å². The van der Waals surface area contributed by atoms with Gasteiger partial charge in [0.1, 0.15) is 0 Å². The molecule has 152 valence electrons. The second kappa shape index (κ2) is 8.99. The van der Waals surface area contributed by atoms with Crippen molar-refractivity contribution in [2.45, 2.75) is 13.5 Å². The van der Waals surface area contributed by atoms with Crippen LogP contribution in [0, 0.1) is 18.3 Å². The lowest BCUT2D eigenvalue weighted by molar-refractivity contribution is 0.0954. The molecule has 0 atom stereocenters. The highest BCUT2D eigenvalue weighted by molar-refractivity contribution is 9.10. The molecule has 1 N–H and O–H groups in total. The third kappa shape index (κ3) is 4.14. The molecule has 3 aromatic carbocycles. The number of amides is 1. The Morgan fingerprint density at radius 1 is 1.10 bits per heavy atom. The highest BCUT2D eigenvalue weighted by atomic mass is 79.9. The molecule has 4 rings (SSSR count). The molecule has 0 unspecified atom stereocenters. The predicted molar refractivity (Wildman–Crippen MR) is 126 cm³/mol. The highest BCUT2D eigenvalue weighted by Crippen LogP contribution is 2.26. The second-order valence-corrected chi connectivity index (χ2v) is 7.90. The van der Waals surface area contributed by atoms with Crippen molar-refractivity contribution < 1.29 is 4.79 Å². The predicted octanol–water partition coefficient (Wildman–Crippen LogP) is 5.40. The van der Waals surface area contributed by atoms with E-state index in [9.17, 15) is 10.1 Å². The number of benzene rings is 3. The van der Waals surface area contributed by atoms with Gasteiger partial charge in [-0.3, -0.25) is 4.79 Å². The highest BCUT2D eigenvalue weighted by Gasteiger charge is 2.14. The number of fused-ring (bicyclic) bond motifs is 1. The molecule has 6 heteroatoms. The second-order valence-electron chi connectivity index (χ2n) is 7.05. The fraction of sp³-hybridized carbons (Fsp3) is 0.0800. The first-order chi connectivity index (χ1) is 15.1. The summed E-state index contributed by atoms with van der Waals surface area (Å²) >= 11 is 3.39. The van der Waals surface area contributed by atoms with E-state index in [2.05, 4.69) is 37.1 Å². The molecular weight excluding hydrogens is 452 g/mol. The summed E-state index contributed by atoms with van der Waals surface area (Å²) in [6.07, 6.45) is 1.68. The van der Waals surface area contributed by atoms with Crippen molar-refractivity contribution in [1.82, 2.24) is 9.99 Å². The van der Waals surface area contributed by atoms with Crippen LogP contribution in [-0.4, -0.2) is 16.7 Å². The van der Waals surface area contributed by atoms with Crippen molar-refractivity contribution in [3.05, 3.63) is 105 Å². The van der Waals surface area contributed by atoms with Crippen molar-refractivity contribution >= 4 is 39.0 Å². The van der Waals surface area contributed by atoms with Crippen LogP contribution in [0.4, 0.5) is 0 Å². The minimum Gasteiger partial charge on any atom is -0.340 e. The quantitative estimate of drug-likeness (QED) is 0.313. The van der Waals surface area contributed by atoms with Crippen LogP contribution in [0.2, 0.25) is 0 Å². The average molecular weight is 471 g/mol. The number of hydrogen-bond acceptors (Lipinski definition) is 3. The summed E-state index contributed by atoms with van der Waals surface area (Å²) in [7, 11) is 0. The Kier molecular flexibility index (Phi) is 5.96. The van der Waals surface area contributed by atoms with E-state index >= 15 is 0 Å². The summed E-state index contributed by atoms with van der Waals surface area (Å²) in [4.78, 5) is 12.4. The van der Waals surface area contributed by atoms with Crippen LogP contribution in [0.5, 0.6) is 0 Å². The molecule has 1 heterocycles. The number of nitriles is 1. The van der Waals surface area contributed by atoms with Gasteiger partial charge < -0.3 is 4.57 Å². The molecule has 0 saturated carbocycles. The van der Waals surface area contributed by atoms with E-state index in [1.54, 1.807) is 18.3 Å². The third-order valence-corrected chi connectivity index (χ3v) is 5.92. The molecule has 1 aromatic heterocycles. The van der Waals surface area contributed by atoms with E-state index in [1.165, 1.54) is 0 Å². The number of halogens is 1. The van der Waals surface area contributed by atoms with E-state index in [4.69, 9.17) is 0 Å². The molecule has 0 fully saturated rings. The molecule has 0 aliphatic heterocycles. The summed E-state index contributed by atoms with van der Waals surface area (Å²) in [5, 5.41) is 14.7. The van der Waals surface area contributed by atoms with E-state index < -0.39 is 0 Å². The summed E-state index contributed by atoms with van der Waals surface area (Å²) in [5.74, 6) is -0.284. The van der Waals surface area contributed by atoms with Gasteiger partial charge in [0.15, 0.2) is 0 Å². The molecule has 31 heavy (non-hydrogen) atoms. The van der Waals surface area contributed by atoms with Crippen LogP contribution in [0.1, 0.15) is 32.7 Å². The lowest BCUT2D eigenvalue weighted by Gasteiger charge is -2.10. The molecule has 0 bridgehead atoms. The van der Waals surface area contributed by atoms with E-state index in [0.29, 0.717) is 22.1 Å². The molecular formula is C25H19BrN4O. The van der Waals surface area contributed by atoms with Gasteiger partial charge in [-0.05, 0) is 52.7 Å². The normalized spacial score (nSPS) is 11.0. The smallest absolute Gasteiger partial charge is 0.272 e. The maximum atomic E-state index is 12.4. The molecule has 0 aliphatic rings. The summed E-state index contributed by atoms with van der Waals surface area (Å²) in [6.45, 7) is 2.60. The maximum absolute atomic E-state index is 12.4. The number of carbonyl (C=O) groups excluding carboxylic acids is 1. The monoisotopic (exact) mass is 470 g/mol.